The zero-order valence-corrected chi connectivity index (χ0v) is 38.0. The van der Waals surface area contributed by atoms with Gasteiger partial charge in [0.15, 0.2) is 5.79 Å². The molecule has 4 atom stereocenters. The third kappa shape index (κ3) is 8.68. The van der Waals surface area contributed by atoms with Crippen molar-refractivity contribution in [1.82, 2.24) is 40.4 Å². The molecule has 65 heavy (non-hydrogen) atoms. The molecule has 0 radical (unpaired) electrons. The van der Waals surface area contributed by atoms with Gasteiger partial charge in [-0.1, -0.05) is 83.1 Å². The topological polar surface area (TPSA) is 193 Å². The number of alkyl carbamates (subject to hydrolysis) is 2. The second-order valence-corrected chi connectivity index (χ2v) is 19.5. The van der Waals surface area contributed by atoms with Crippen LogP contribution in [0.4, 0.5) is 9.59 Å². The van der Waals surface area contributed by atoms with Gasteiger partial charge in [0.1, 0.15) is 23.7 Å². The Labute approximate surface area is 378 Å². The quantitative estimate of drug-likeness (QED) is 0.109. The second kappa shape index (κ2) is 16.9. The lowest BCUT2D eigenvalue weighted by molar-refractivity contribution is -0.153. The van der Waals surface area contributed by atoms with E-state index >= 15 is 0 Å². The van der Waals surface area contributed by atoms with Crippen LogP contribution in [-0.2, 0) is 28.5 Å². The van der Waals surface area contributed by atoms with E-state index in [2.05, 4.69) is 81.3 Å². The largest absolute Gasteiger partial charge is 0.453 e. The number of likely N-dealkylation sites (tertiary alicyclic amines) is 2. The molecule has 5 aromatic rings. The number of carbonyl (C=O) groups is 4. The van der Waals surface area contributed by atoms with Crippen molar-refractivity contribution >= 4 is 34.8 Å². The maximum absolute atomic E-state index is 14.1. The number of methoxy groups -OCH3 is 2. The molecule has 16 heteroatoms. The van der Waals surface area contributed by atoms with E-state index in [0.29, 0.717) is 32.0 Å². The number of nitrogens with one attached hydrogen (secondary N) is 4. The number of hydrogen-bond acceptors (Lipinski definition) is 10. The number of carbonyl (C=O) groups excluding carboxylic acids is 4. The fourth-order valence-corrected chi connectivity index (χ4v) is 9.70. The lowest BCUT2D eigenvalue weighted by atomic mass is 9.85. The summed E-state index contributed by atoms with van der Waals surface area (Å²) in [5.41, 5.74) is 5.31. The van der Waals surface area contributed by atoms with E-state index in [1.54, 1.807) is 11.1 Å². The predicted octanol–water partition coefficient (Wildman–Crippen LogP) is 7.51. The Morgan fingerprint density at radius 3 is 1.82 bits per heavy atom. The standard InChI is InChI=1S/C49H58N8O8/c1-28(2)39(54-45(60)62-6)43(58)57-27-49(64-18-19-65-49)23-38(57)42-50-24-35(52-42)30-10-8-29(9-11-30)31-12-13-33-21-34(15-14-32(33)20-31)36-25-51-41(53-36)37-22-48(16-17-48)26-56(37)44(59)40(47(3,4)5)55-46(61)63-7/h8-15,20-21,24-25,28,37-40H,16-19,22-23,26-27H2,1-7H3,(H,50,52)(H,51,53)(H,54,60)(H,55,61). The normalized spacial score (nSPS) is 20.7. The van der Waals surface area contributed by atoms with Crippen LogP contribution in [0, 0.1) is 16.7 Å². The Morgan fingerprint density at radius 2 is 1.23 bits per heavy atom. The Hall–Kier alpha value is -6.26. The van der Waals surface area contributed by atoms with Crippen molar-refractivity contribution < 1.29 is 38.1 Å². The van der Waals surface area contributed by atoms with Crippen LogP contribution in [-0.4, -0.2) is 112 Å². The van der Waals surface area contributed by atoms with Crippen LogP contribution >= 0.6 is 0 Å². The summed E-state index contributed by atoms with van der Waals surface area (Å²) >= 11 is 0. The first kappa shape index (κ1) is 44.0. The monoisotopic (exact) mass is 886 g/mol. The number of H-pyrrole nitrogens is 2. The SMILES string of the molecule is COC(=O)NC(C(=O)N1CC2(CC1c1ncc(-c3ccc(-c4ccc5cc(-c6cnc(C7CC8(CC8)CN7C(=O)C(NC(=O)OC)C(C)(C)C)[nH]6)ccc5c4)cc3)[nH]1)OCCO2)C(C)C. The van der Waals surface area contributed by atoms with E-state index in [4.69, 9.17) is 28.9 Å². The van der Waals surface area contributed by atoms with E-state index in [-0.39, 0.29) is 35.7 Å². The summed E-state index contributed by atoms with van der Waals surface area (Å²) in [6.45, 7) is 11.3. The molecule has 4 N–H and O–H groups in total. The molecule has 3 aromatic carbocycles. The zero-order valence-electron chi connectivity index (χ0n) is 38.0. The molecule has 2 aromatic heterocycles. The van der Waals surface area contributed by atoms with Gasteiger partial charge in [-0.15, -0.1) is 0 Å². The Morgan fingerprint density at radius 1 is 0.708 bits per heavy atom. The molecule has 5 heterocycles. The summed E-state index contributed by atoms with van der Waals surface area (Å²) < 4.78 is 21.8. The van der Waals surface area contributed by atoms with Gasteiger partial charge < -0.3 is 49.3 Å². The van der Waals surface area contributed by atoms with Crippen LogP contribution < -0.4 is 10.6 Å². The van der Waals surface area contributed by atoms with E-state index in [1.807, 2.05) is 45.7 Å². The molecule has 2 spiro atoms. The minimum atomic E-state index is -0.935. The van der Waals surface area contributed by atoms with E-state index in [1.165, 1.54) is 14.2 Å². The minimum absolute atomic E-state index is 0.0984. The Bertz CT molecular complexity index is 2600. The molecular formula is C49H58N8O8. The number of benzene rings is 3. The number of hydrogen-bond donors (Lipinski definition) is 4. The molecule has 1 saturated carbocycles. The average molecular weight is 887 g/mol. The number of aromatic nitrogens is 4. The van der Waals surface area contributed by atoms with E-state index in [9.17, 15) is 19.2 Å². The van der Waals surface area contributed by atoms with Crippen LogP contribution in [0.15, 0.2) is 73.1 Å². The van der Waals surface area contributed by atoms with Crippen molar-refractivity contribution in [3.05, 3.63) is 84.7 Å². The van der Waals surface area contributed by atoms with Crippen LogP contribution in [0.25, 0.3) is 44.4 Å². The van der Waals surface area contributed by atoms with E-state index < -0.39 is 41.5 Å². The minimum Gasteiger partial charge on any atom is -0.453 e. The number of rotatable bonds is 10. The van der Waals surface area contributed by atoms with Crippen LogP contribution in [0.3, 0.4) is 0 Å². The van der Waals surface area contributed by atoms with Gasteiger partial charge in [-0.25, -0.2) is 19.6 Å². The zero-order chi connectivity index (χ0) is 45.8. The maximum Gasteiger partial charge on any atom is 0.407 e. The van der Waals surface area contributed by atoms with Gasteiger partial charge in [0.2, 0.25) is 11.8 Å². The molecule has 9 rings (SSSR count). The van der Waals surface area contributed by atoms with Gasteiger partial charge in [-0.2, -0.15) is 0 Å². The highest BCUT2D eigenvalue weighted by molar-refractivity contribution is 5.91. The van der Waals surface area contributed by atoms with Gasteiger partial charge in [0.05, 0.1) is 69.8 Å². The number of fused-ring (bicyclic) bond motifs is 1. The Kier molecular flexibility index (Phi) is 11.5. The van der Waals surface area contributed by atoms with Gasteiger partial charge in [-0.3, -0.25) is 9.59 Å². The summed E-state index contributed by atoms with van der Waals surface area (Å²) in [7, 11) is 2.58. The summed E-state index contributed by atoms with van der Waals surface area (Å²) in [6.07, 6.45) is 5.70. The summed E-state index contributed by atoms with van der Waals surface area (Å²) in [6, 6.07) is 18.8. The van der Waals surface area contributed by atoms with Crippen molar-refractivity contribution in [2.24, 2.45) is 16.7 Å². The van der Waals surface area contributed by atoms with Gasteiger partial charge >= 0.3 is 12.2 Å². The smallest absolute Gasteiger partial charge is 0.407 e. The van der Waals surface area contributed by atoms with Crippen molar-refractivity contribution in [2.75, 3.05) is 40.5 Å². The summed E-state index contributed by atoms with van der Waals surface area (Å²) in [4.78, 5) is 72.8. The highest BCUT2D eigenvalue weighted by atomic mass is 16.7. The number of aromatic amines is 2. The lowest BCUT2D eigenvalue weighted by Crippen LogP contribution is -2.54. The lowest BCUT2D eigenvalue weighted by Gasteiger charge is -2.35. The number of amides is 4. The fraction of sp³-hybridized carbons (Fsp3) is 0.469. The summed E-state index contributed by atoms with van der Waals surface area (Å²) in [5.74, 6) is -0.159. The molecule has 3 saturated heterocycles. The van der Waals surface area contributed by atoms with Crippen LogP contribution in [0.5, 0.6) is 0 Å². The molecule has 4 fully saturated rings. The third-order valence-electron chi connectivity index (χ3n) is 13.6. The van der Waals surface area contributed by atoms with Crippen LogP contribution in [0.1, 0.15) is 84.0 Å². The molecule has 4 unspecified atom stereocenters. The predicted molar refractivity (Wildman–Crippen MR) is 242 cm³/mol. The molecular weight excluding hydrogens is 829 g/mol. The summed E-state index contributed by atoms with van der Waals surface area (Å²) in [5, 5.41) is 7.66. The van der Waals surface area contributed by atoms with Crippen molar-refractivity contribution in [1.29, 1.82) is 0 Å². The molecule has 342 valence electrons. The first-order chi connectivity index (χ1) is 31.1. The van der Waals surface area contributed by atoms with Gasteiger partial charge in [0.25, 0.3) is 0 Å². The molecule has 1 aliphatic carbocycles. The van der Waals surface area contributed by atoms with Crippen molar-refractivity contribution in [3.8, 4) is 33.6 Å². The average Bonchev–Trinajstić information content (AvgIpc) is 3.94. The second-order valence-electron chi connectivity index (χ2n) is 19.5. The number of nitrogens with zero attached hydrogens (tertiary/aromatic N) is 4. The fourth-order valence-electron chi connectivity index (χ4n) is 9.70. The molecule has 4 aliphatic rings. The number of imidazole rings is 2. The first-order valence-corrected chi connectivity index (χ1v) is 22.4. The third-order valence-corrected chi connectivity index (χ3v) is 13.6. The van der Waals surface area contributed by atoms with Gasteiger partial charge in [0, 0.05) is 18.5 Å². The molecule has 4 amide bonds. The van der Waals surface area contributed by atoms with Crippen molar-refractivity contribution in [3.63, 3.8) is 0 Å². The highest BCUT2D eigenvalue weighted by Crippen LogP contribution is 2.58. The van der Waals surface area contributed by atoms with E-state index in [0.717, 1.165) is 69.5 Å². The molecule has 16 nitrogen and oxygen atoms in total. The maximum atomic E-state index is 14.1. The molecule has 3 aliphatic heterocycles. The Balaban J connectivity index is 0.901. The van der Waals surface area contributed by atoms with Crippen LogP contribution in [0.2, 0.25) is 0 Å². The molecule has 0 bridgehead atoms. The highest BCUT2D eigenvalue weighted by Gasteiger charge is 2.56. The number of ether oxygens (including phenoxy) is 4. The first-order valence-electron chi connectivity index (χ1n) is 22.4. The van der Waals surface area contributed by atoms with Gasteiger partial charge in [-0.05, 0) is 75.6 Å². The van der Waals surface area contributed by atoms with Crippen molar-refractivity contribution in [2.45, 2.75) is 90.3 Å².